The fourth-order valence-electron chi connectivity index (χ4n) is 0.824. The van der Waals surface area contributed by atoms with Gasteiger partial charge in [-0.15, -0.1) is 0 Å². The highest BCUT2D eigenvalue weighted by molar-refractivity contribution is 5.87. The summed E-state index contributed by atoms with van der Waals surface area (Å²) < 4.78 is 4.36. The van der Waals surface area contributed by atoms with Crippen molar-refractivity contribution < 1.29 is 19.4 Å². The number of nitrogens with zero attached hydrogens (tertiary/aromatic N) is 1. The lowest BCUT2D eigenvalue weighted by atomic mass is 10.4. The minimum absolute atomic E-state index is 0.108. The minimum atomic E-state index is -1.41. The Labute approximate surface area is 79.5 Å². The van der Waals surface area contributed by atoms with E-state index in [9.17, 15) is 9.59 Å². The van der Waals surface area contributed by atoms with Crippen molar-refractivity contribution in [3.8, 4) is 5.75 Å². The molecule has 6 heteroatoms. The van der Waals surface area contributed by atoms with Crippen molar-refractivity contribution in [1.82, 2.24) is 4.98 Å². The van der Waals surface area contributed by atoms with Crippen LogP contribution in [0.4, 0.5) is 10.6 Å². The minimum Gasteiger partial charge on any atom is -0.449 e. The van der Waals surface area contributed by atoms with E-state index in [-0.39, 0.29) is 17.5 Å². The van der Waals surface area contributed by atoms with Gasteiger partial charge in [0.2, 0.25) is 5.91 Å². The Kier molecular flexibility index (Phi) is 3.01. The fraction of sp³-hybridized carbons (Fsp3) is 0.125. The summed E-state index contributed by atoms with van der Waals surface area (Å²) in [6.07, 6.45) is -0.0752. The molecule has 0 saturated heterocycles. The van der Waals surface area contributed by atoms with Crippen molar-refractivity contribution in [2.75, 3.05) is 5.32 Å². The van der Waals surface area contributed by atoms with E-state index in [1.54, 1.807) is 0 Å². The Hall–Kier alpha value is -2.11. The summed E-state index contributed by atoms with van der Waals surface area (Å²) in [6, 6.07) is 2.69. The highest BCUT2D eigenvalue weighted by atomic mass is 16.7. The van der Waals surface area contributed by atoms with Crippen LogP contribution in [0.5, 0.6) is 5.75 Å². The third-order valence-electron chi connectivity index (χ3n) is 1.24. The molecule has 0 aromatic carbocycles. The van der Waals surface area contributed by atoms with E-state index in [1.165, 1.54) is 25.3 Å². The Morgan fingerprint density at radius 3 is 2.86 bits per heavy atom. The number of aromatic nitrogens is 1. The van der Waals surface area contributed by atoms with Gasteiger partial charge in [-0.2, -0.15) is 0 Å². The average Bonchev–Trinajstić information content (AvgIpc) is 2.01. The van der Waals surface area contributed by atoms with Crippen LogP contribution in [0.1, 0.15) is 6.92 Å². The summed E-state index contributed by atoms with van der Waals surface area (Å²) in [5, 5.41) is 10.7. The molecule has 0 aliphatic rings. The van der Waals surface area contributed by atoms with Gasteiger partial charge in [-0.25, -0.2) is 9.78 Å². The lowest BCUT2D eigenvalue weighted by Gasteiger charge is -2.02. The number of ether oxygens (including phenoxy) is 1. The number of hydrogen-bond acceptors (Lipinski definition) is 4. The maximum absolute atomic E-state index is 10.6. The molecule has 0 atom stereocenters. The Morgan fingerprint density at radius 2 is 2.29 bits per heavy atom. The van der Waals surface area contributed by atoms with E-state index in [2.05, 4.69) is 15.0 Å². The first-order chi connectivity index (χ1) is 6.58. The number of amides is 1. The fourth-order valence-corrected chi connectivity index (χ4v) is 0.824. The molecule has 0 saturated carbocycles. The van der Waals surface area contributed by atoms with Gasteiger partial charge in [0.15, 0.2) is 0 Å². The lowest BCUT2D eigenvalue weighted by Crippen LogP contribution is -2.08. The summed E-state index contributed by atoms with van der Waals surface area (Å²) in [7, 11) is 0. The molecule has 0 unspecified atom stereocenters. The zero-order chi connectivity index (χ0) is 10.6. The first-order valence-corrected chi connectivity index (χ1v) is 3.72. The van der Waals surface area contributed by atoms with Crippen LogP contribution in [0.3, 0.4) is 0 Å². The predicted octanol–water partition coefficient (Wildman–Crippen LogP) is 1.10. The molecule has 0 bridgehead atoms. The standard InChI is InChI=1S/C8H8N2O4/c1-5(11)10-7-4-6(2-3-9-7)14-8(12)13/h2-4H,1H3,(H,12,13)(H,9,10,11). The zero-order valence-corrected chi connectivity index (χ0v) is 7.35. The van der Waals surface area contributed by atoms with E-state index in [4.69, 9.17) is 5.11 Å². The Bertz CT molecular complexity index is 333. The number of carbonyl (C=O) groups excluding carboxylic acids is 1. The van der Waals surface area contributed by atoms with Gasteiger partial charge in [0.05, 0.1) is 0 Å². The molecule has 1 aromatic heterocycles. The van der Waals surface area contributed by atoms with Crippen LogP contribution in [-0.2, 0) is 4.79 Å². The third-order valence-corrected chi connectivity index (χ3v) is 1.24. The quantitative estimate of drug-likeness (QED) is 0.691. The maximum atomic E-state index is 10.6. The normalized spacial score (nSPS) is 9.21. The van der Waals surface area contributed by atoms with Gasteiger partial charge < -0.3 is 15.2 Å². The molecular formula is C8H8N2O4. The second-order valence-corrected chi connectivity index (χ2v) is 2.43. The van der Waals surface area contributed by atoms with Crippen molar-refractivity contribution in [1.29, 1.82) is 0 Å². The van der Waals surface area contributed by atoms with Gasteiger partial charge in [0.25, 0.3) is 0 Å². The van der Waals surface area contributed by atoms with Gasteiger partial charge in [0.1, 0.15) is 11.6 Å². The number of carbonyl (C=O) groups is 2. The van der Waals surface area contributed by atoms with Crippen LogP contribution < -0.4 is 10.1 Å². The van der Waals surface area contributed by atoms with Gasteiger partial charge in [-0.05, 0) is 6.07 Å². The van der Waals surface area contributed by atoms with Crippen LogP contribution in [0, 0.1) is 0 Å². The molecule has 2 N–H and O–H groups in total. The number of hydrogen-bond donors (Lipinski definition) is 2. The summed E-state index contributed by atoms with van der Waals surface area (Å²) in [6.45, 7) is 1.33. The number of pyridine rings is 1. The van der Waals surface area contributed by atoms with Crippen molar-refractivity contribution in [2.45, 2.75) is 6.92 Å². The Morgan fingerprint density at radius 1 is 1.57 bits per heavy atom. The number of nitrogens with one attached hydrogen (secondary N) is 1. The molecule has 1 rings (SSSR count). The van der Waals surface area contributed by atoms with Crippen LogP contribution in [0.2, 0.25) is 0 Å². The topological polar surface area (TPSA) is 88.5 Å². The largest absolute Gasteiger partial charge is 0.511 e. The lowest BCUT2D eigenvalue weighted by molar-refractivity contribution is -0.114. The van der Waals surface area contributed by atoms with Crippen LogP contribution in [-0.4, -0.2) is 22.2 Å². The van der Waals surface area contributed by atoms with Crippen molar-refractivity contribution in [3.05, 3.63) is 18.3 Å². The molecule has 1 amide bonds. The molecule has 14 heavy (non-hydrogen) atoms. The smallest absolute Gasteiger partial charge is 0.449 e. The van der Waals surface area contributed by atoms with Crippen LogP contribution >= 0.6 is 0 Å². The van der Waals surface area contributed by atoms with Gasteiger partial charge in [-0.3, -0.25) is 4.79 Å². The van der Waals surface area contributed by atoms with Gasteiger partial charge in [0, 0.05) is 19.2 Å². The van der Waals surface area contributed by atoms with E-state index >= 15 is 0 Å². The number of rotatable bonds is 2. The molecule has 0 aliphatic heterocycles. The maximum Gasteiger partial charge on any atom is 0.511 e. The molecule has 0 fully saturated rings. The summed E-state index contributed by atoms with van der Waals surface area (Å²) >= 11 is 0. The highest BCUT2D eigenvalue weighted by Gasteiger charge is 2.03. The molecule has 0 aliphatic carbocycles. The average molecular weight is 196 g/mol. The number of carboxylic acid groups (broad SMARTS) is 1. The zero-order valence-electron chi connectivity index (χ0n) is 7.35. The molecule has 1 heterocycles. The SMILES string of the molecule is CC(=O)Nc1cc(OC(=O)O)ccn1. The predicted molar refractivity (Wildman–Crippen MR) is 47.2 cm³/mol. The molecule has 0 radical (unpaired) electrons. The first kappa shape index (κ1) is 9.97. The summed E-state index contributed by atoms with van der Waals surface area (Å²) in [5.74, 6) is 0.0671. The van der Waals surface area contributed by atoms with Crippen LogP contribution in [0.25, 0.3) is 0 Å². The van der Waals surface area contributed by atoms with Crippen molar-refractivity contribution in [2.24, 2.45) is 0 Å². The molecule has 74 valence electrons. The monoisotopic (exact) mass is 196 g/mol. The highest BCUT2D eigenvalue weighted by Crippen LogP contribution is 2.14. The number of anilines is 1. The van der Waals surface area contributed by atoms with E-state index in [0.717, 1.165) is 0 Å². The van der Waals surface area contributed by atoms with E-state index in [1.807, 2.05) is 0 Å². The molecule has 0 spiro atoms. The first-order valence-electron chi connectivity index (χ1n) is 3.72. The van der Waals surface area contributed by atoms with E-state index in [0.29, 0.717) is 0 Å². The third kappa shape index (κ3) is 3.10. The Balaban J connectivity index is 2.78. The van der Waals surface area contributed by atoms with Crippen molar-refractivity contribution in [3.63, 3.8) is 0 Å². The molecular weight excluding hydrogens is 188 g/mol. The summed E-state index contributed by atoms with van der Waals surface area (Å²) in [4.78, 5) is 24.6. The van der Waals surface area contributed by atoms with Crippen molar-refractivity contribution >= 4 is 17.9 Å². The van der Waals surface area contributed by atoms with E-state index < -0.39 is 6.16 Å². The second-order valence-electron chi connectivity index (χ2n) is 2.43. The summed E-state index contributed by atoms with van der Waals surface area (Å²) in [5.41, 5.74) is 0. The molecule has 1 aromatic rings. The molecule has 6 nitrogen and oxygen atoms in total. The second kappa shape index (κ2) is 4.22. The van der Waals surface area contributed by atoms with Gasteiger partial charge >= 0.3 is 6.16 Å². The van der Waals surface area contributed by atoms with Crippen LogP contribution in [0.15, 0.2) is 18.3 Å². The van der Waals surface area contributed by atoms with Gasteiger partial charge in [-0.1, -0.05) is 0 Å².